The van der Waals surface area contributed by atoms with Crippen molar-refractivity contribution in [2.45, 2.75) is 49.5 Å². The third-order valence-corrected chi connectivity index (χ3v) is 10.1. The summed E-state index contributed by atoms with van der Waals surface area (Å²) in [7, 11) is 0.00891. The van der Waals surface area contributed by atoms with E-state index in [-0.39, 0.29) is 17.4 Å². The molecule has 11 heteroatoms. The summed E-state index contributed by atoms with van der Waals surface area (Å²) in [6.45, 7) is 3.12. The van der Waals surface area contributed by atoms with Gasteiger partial charge < -0.3 is 20.1 Å². The van der Waals surface area contributed by atoms with Crippen molar-refractivity contribution in [1.82, 2.24) is 29.1 Å². The van der Waals surface area contributed by atoms with Crippen molar-refractivity contribution in [3.63, 3.8) is 0 Å². The first-order valence-electron chi connectivity index (χ1n) is 13.4. The number of nitrogens with one attached hydrogen (secondary N) is 2. The number of nitrogens with zero attached hydrogens (tertiary/aromatic N) is 5. The van der Waals surface area contributed by atoms with Gasteiger partial charge in [0.05, 0.1) is 4.90 Å². The van der Waals surface area contributed by atoms with Gasteiger partial charge in [0.25, 0.3) is 5.91 Å². The van der Waals surface area contributed by atoms with E-state index >= 15 is 0 Å². The van der Waals surface area contributed by atoms with Crippen molar-refractivity contribution in [3.8, 4) is 0 Å². The Balaban J connectivity index is 1.22. The SMILES string of the molecule is CN(C)C(=O)c1cc2cnc(Nc3ccc(S(=O)(=O)N4CC5(CCNCC5)C4)cc3)nc2n1C1CCCC1. The highest BCUT2D eigenvalue weighted by Crippen LogP contribution is 2.41. The second kappa shape index (κ2) is 9.62. The predicted molar refractivity (Wildman–Crippen MR) is 146 cm³/mol. The number of amides is 1. The fourth-order valence-electron chi connectivity index (χ4n) is 6.13. The Morgan fingerprint density at radius 2 is 1.79 bits per heavy atom. The molecule has 1 amide bonds. The number of benzene rings is 1. The molecule has 2 saturated heterocycles. The lowest BCUT2D eigenvalue weighted by atomic mass is 9.74. The first-order chi connectivity index (χ1) is 18.3. The van der Waals surface area contributed by atoms with Crippen LogP contribution < -0.4 is 10.6 Å². The molecule has 202 valence electrons. The van der Waals surface area contributed by atoms with Crippen LogP contribution in [0.5, 0.6) is 0 Å². The minimum absolute atomic E-state index is 0.0468. The van der Waals surface area contributed by atoms with Gasteiger partial charge in [-0.3, -0.25) is 4.79 Å². The second-order valence-corrected chi connectivity index (χ2v) is 13.1. The lowest BCUT2D eigenvalue weighted by molar-refractivity contribution is 0.0373. The molecule has 0 unspecified atom stereocenters. The Morgan fingerprint density at radius 1 is 1.11 bits per heavy atom. The Kier molecular flexibility index (Phi) is 6.40. The fourth-order valence-corrected chi connectivity index (χ4v) is 7.79. The number of rotatable bonds is 6. The van der Waals surface area contributed by atoms with Crippen molar-refractivity contribution in [1.29, 1.82) is 0 Å². The maximum atomic E-state index is 13.2. The summed E-state index contributed by atoms with van der Waals surface area (Å²) < 4.78 is 30.0. The average Bonchev–Trinajstić information content (AvgIpc) is 3.55. The first kappa shape index (κ1) is 25.3. The number of anilines is 2. The molecular weight excluding hydrogens is 502 g/mol. The van der Waals surface area contributed by atoms with Gasteiger partial charge in [-0.15, -0.1) is 0 Å². The van der Waals surface area contributed by atoms with Crippen molar-refractivity contribution in [2.75, 3.05) is 45.6 Å². The minimum Gasteiger partial charge on any atom is -0.343 e. The van der Waals surface area contributed by atoms with E-state index in [2.05, 4.69) is 20.2 Å². The quantitative estimate of drug-likeness (QED) is 0.496. The summed E-state index contributed by atoms with van der Waals surface area (Å²) in [4.78, 5) is 24.1. The van der Waals surface area contributed by atoms with Crippen LogP contribution in [-0.2, 0) is 10.0 Å². The number of aromatic nitrogens is 3. The standard InChI is InChI=1S/C27H35N7O3S/c1-32(2)25(35)23-15-19-16-29-26(31-24(19)34(23)21-5-3-4-6-21)30-20-7-9-22(10-8-20)38(36,37)33-17-27(18-33)11-13-28-14-12-27/h7-10,15-16,21,28H,3-6,11-14,17-18H2,1-2H3,(H,29,30,31). The zero-order valence-corrected chi connectivity index (χ0v) is 22.8. The van der Waals surface area contributed by atoms with Gasteiger partial charge in [-0.1, -0.05) is 12.8 Å². The zero-order chi connectivity index (χ0) is 26.5. The molecule has 3 aromatic rings. The summed E-state index contributed by atoms with van der Waals surface area (Å²) in [5.74, 6) is 0.361. The molecule has 2 aliphatic heterocycles. The van der Waals surface area contributed by atoms with Crippen LogP contribution in [0, 0.1) is 5.41 Å². The molecular formula is C27H35N7O3S. The lowest BCUT2D eigenvalue weighted by Crippen LogP contribution is -2.61. The van der Waals surface area contributed by atoms with E-state index in [4.69, 9.17) is 4.98 Å². The van der Waals surface area contributed by atoms with Gasteiger partial charge in [-0.2, -0.15) is 9.29 Å². The molecule has 0 bridgehead atoms. The maximum Gasteiger partial charge on any atom is 0.270 e. The molecule has 1 spiro atoms. The van der Waals surface area contributed by atoms with E-state index in [1.165, 1.54) is 0 Å². The molecule has 0 atom stereocenters. The van der Waals surface area contributed by atoms with Crippen molar-refractivity contribution >= 4 is 38.6 Å². The molecule has 38 heavy (non-hydrogen) atoms. The molecule has 1 saturated carbocycles. The van der Waals surface area contributed by atoms with Crippen LogP contribution in [0.4, 0.5) is 11.6 Å². The number of fused-ring (bicyclic) bond motifs is 1. The molecule has 4 heterocycles. The number of carbonyl (C=O) groups excluding carboxylic acids is 1. The molecule has 1 aromatic carbocycles. The summed E-state index contributed by atoms with van der Waals surface area (Å²) in [6, 6.07) is 8.89. The van der Waals surface area contributed by atoms with Gasteiger partial charge in [-0.25, -0.2) is 13.4 Å². The van der Waals surface area contributed by atoms with Gasteiger partial charge in [0.1, 0.15) is 11.3 Å². The van der Waals surface area contributed by atoms with Crippen molar-refractivity contribution < 1.29 is 13.2 Å². The minimum atomic E-state index is -3.51. The highest BCUT2D eigenvalue weighted by atomic mass is 32.2. The Bertz CT molecular complexity index is 1450. The van der Waals surface area contributed by atoms with Gasteiger partial charge in [0.2, 0.25) is 16.0 Å². The normalized spacial score (nSPS) is 20.1. The molecule has 2 N–H and O–H groups in total. The van der Waals surface area contributed by atoms with Crippen molar-refractivity contribution in [2.24, 2.45) is 5.41 Å². The van der Waals surface area contributed by atoms with E-state index < -0.39 is 10.0 Å². The van der Waals surface area contributed by atoms with E-state index in [0.717, 1.165) is 62.6 Å². The van der Waals surface area contributed by atoms with Crippen molar-refractivity contribution in [3.05, 3.63) is 42.2 Å². The van der Waals surface area contributed by atoms with Crippen LogP contribution in [0.1, 0.15) is 55.1 Å². The number of hydrogen-bond donors (Lipinski definition) is 2. The monoisotopic (exact) mass is 537 g/mol. The molecule has 3 fully saturated rings. The highest BCUT2D eigenvalue weighted by molar-refractivity contribution is 7.89. The number of sulfonamides is 1. The molecule has 1 aliphatic carbocycles. The fraction of sp³-hybridized carbons (Fsp3) is 0.519. The molecule has 3 aliphatic rings. The summed E-state index contributed by atoms with van der Waals surface area (Å²) in [5.41, 5.74) is 2.21. The Hall–Kier alpha value is -3.02. The van der Waals surface area contributed by atoms with E-state index in [9.17, 15) is 13.2 Å². The average molecular weight is 538 g/mol. The smallest absolute Gasteiger partial charge is 0.270 e. The summed E-state index contributed by atoms with van der Waals surface area (Å²) >= 11 is 0. The third kappa shape index (κ3) is 4.46. The van der Waals surface area contributed by atoms with Crippen LogP contribution in [0.25, 0.3) is 11.0 Å². The van der Waals surface area contributed by atoms with Crippen LogP contribution in [-0.4, -0.2) is 78.3 Å². The second-order valence-electron chi connectivity index (χ2n) is 11.2. The van der Waals surface area contributed by atoms with Gasteiger partial charge in [0, 0.05) is 55.9 Å². The molecule has 10 nitrogen and oxygen atoms in total. The number of hydrogen-bond acceptors (Lipinski definition) is 7. The lowest BCUT2D eigenvalue weighted by Gasteiger charge is -2.51. The summed E-state index contributed by atoms with van der Waals surface area (Å²) in [6.07, 6.45) is 8.12. The highest BCUT2D eigenvalue weighted by Gasteiger charge is 2.48. The Labute approximate surface area is 223 Å². The van der Waals surface area contributed by atoms with Gasteiger partial charge in [-0.05, 0) is 69.1 Å². The van der Waals surface area contributed by atoms with Crippen LogP contribution >= 0.6 is 0 Å². The van der Waals surface area contributed by atoms with Gasteiger partial charge >= 0.3 is 0 Å². The zero-order valence-electron chi connectivity index (χ0n) is 22.0. The van der Waals surface area contributed by atoms with Gasteiger partial charge in [0.15, 0.2) is 0 Å². The van der Waals surface area contributed by atoms with Crippen LogP contribution in [0.3, 0.4) is 0 Å². The van der Waals surface area contributed by atoms with E-state index in [1.54, 1.807) is 53.8 Å². The van der Waals surface area contributed by atoms with E-state index in [1.807, 2.05) is 6.07 Å². The van der Waals surface area contributed by atoms with E-state index in [0.29, 0.717) is 35.3 Å². The number of piperidine rings is 1. The largest absolute Gasteiger partial charge is 0.343 e. The third-order valence-electron chi connectivity index (χ3n) is 8.33. The summed E-state index contributed by atoms with van der Waals surface area (Å²) in [5, 5.41) is 7.39. The maximum absolute atomic E-state index is 13.2. The molecule has 0 radical (unpaired) electrons. The Morgan fingerprint density at radius 3 is 2.45 bits per heavy atom. The van der Waals surface area contributed by atoms with Crippen LogP contribution in [0.15, 0.2) is 41.4 Å². The first-order valence-corrected chi connectivity index (χ1v) is 14.9. The predicted octanol–water partition coefficient (Wildman–Crippen LogP) is 3.37. The number of carbonyl (C=O) groups is 1. The topological polar surface area (TPSA) is 112 Å². The van der Waals surface area contributed by atoms with Crippen LogP contribution in [0.2, 0.25) is 0 Å². The molecule has 6 rings (SSSR count). The molecule has 2 aromatic heterocycles.